The molecule has 0 aliphatic carbocycles. The van der Waals surface area contributed by atoms with Crippen LogP contribution in [-0.2, 0) is 33.0 Å². The molecule has 0 atom stereocenters. The highest BCUT2D eigenvalue weighted by atomic mass is 32.1. The summed E-state index contributed by atoms with van der Waals surface area (Å²) >= 11 is 25.2. The standard InChI is InChI=1S/5C17H19O2S.5FH/c5*1-2-3-12-18-15-6-4-14(5-7-15)13-19-16-8-10-17(20)11-9-16;;;;;/h5*4-11H,2-3,12-13H2,1H3;5*1H. The van der Waals surface area contributed by atoms with Crippen molar-refractivity contribution in [3.8, 4) is 57.5 Å². The van der Waals surface area contributed by atoms with E-state index in [-0.39, 0.29) is 23.5 Å². The molecule has 0 aliphatic rings. The molecule has 0 N–H and O–H groups in total. The minimum Gasteiger partial charge on any atom is -0.494 e. The Morgan fingerprint density at radius 2 is 0.286 bits per heavy atom. The second-order valence-electron chi connectivity index (χ2n) is 23.0. The second-order valence-corrected chi connectivity index (χ2v) is 25.4. The highest BCUT2D eigenvalue weighted by Crippen LogP contribution is 2.24. The van der Waals surface area contributed by atoms with E-state index < -0.39 is 0 Å². The molecular formula is C85H100F5O10S5. The Hall–Kier alpha value is -9.05. The summed E-state index contributed by atoms with van der Waals surface area (Å²) in [7, 11) is 0. The minimum absolute atomic E-state index is 0. The third-order valence-electron chi connectivity index (χ3n) is 14.6. The lowest BCUT2D eigenvalue weighted by Gasteiger charge is -2.08. The van der Waals surface area contributed by atoms with Gasteiger partial charge in [0.15, 0.2) is 0 Å². The van der Waals surface area contributed by atoms with Gasteiger partial charge in [-0.1, -0.05) is 191 Å². The van der Waals surface area contributed by atoms with Gasteiger partial charge in [0.2, 0.25) is 0 Å². The molecular weight excluding hydrogens is 1440 g/mol. The Bertz CT molecular complexity index is 3130. The zero-order valence-corrected chi connectivity index (χ0v) is 64.5. The van der Waals surface area contributed by atoms with Crippen LogP contribution in [0, 0.1) is 0 Å². The summed E-state index contributed by atoms with van der Waals surface area (Å²) in [4.78, 5) is 4.12. The smallest absolute Gasteiger partial charge is 0.119 e. The maximum Gasteiger partial charge on any atom is 0.119 e. The molecule has 20 heteroatoms. The van der Waals surface area contributed by atoms with E-state index in [0.29, 0.717) is 33.0 Å². The molecule has 0 unspecified atom stereocenters. The second kappa shape index (κ2) is 57.3. The van der Waals surface area contributed by atoms with Gasteiger partial charge < -0.3 is 47.4 Å². The van der Waals surface area contributed by atoms with Crippen LogP contribution in [-0.4, -0.2) is 33.0 Å². The van der Waals surface area contributed by atoms with E-state index in [1.165, 1.54) is 0 Å². The number of benzene rings is 10. The van der Waals surface area contributed by atoms with Crippen LogP contribution in [0.4, 0.5) is 23.5 Å². The van der Waals surface area contributed by atoms with Crippen LogP contribution < -0.4 is 47.4 Å². The number of halogens is 5. The van der Waals surface area contributed by atoms with Crippen molar-refractivity contribution in [1.29, 1.82) is 0 Å². The van der Waals surface area contributed by atoms with E-state index in [1.54, 1.807) is 0 Å². The van der Waals surface area contributed by atoms with Gasteiger partial charge in [0, 0.05) is 24.5 Å². The quantitative estimate of drug-likeness (QED) is 0.0282. The molecule has 0 aromatic heterocycles. The van der Waals surface area contributed by atoms with Crippen LogP contribution in [0.15, 0.2) is 267 Å². The first-order valence-corrected chi connectivity index (χ1v) is 36.5. The van der Waals surface area contributed by atoms with E-state index in [1.807, 2.05) is 243 Å². The van der Waals surface area contributed by atoms with Crippen molar-refractivity contribution in [3.05, 3.63) is 270 Å². The average Bonchev–Trinajstić information content (AvgIpc) is 0.996. The largest absolute Gasteiger partial charge is 0.494 e. The molecule has 0 bridgehead atoms. The van der Waals surface area contributed by atoms with Crippen LogP contribution in [0.25, 0.3) is 0 Å². The predicted octanol–water partition coefficient (Wildman–Crippen LogP) is 25.8. The molecule has 10 rings (SSSR count). The fraction of sp³-hybridized carbons (Fsp3) is 0.294. The summed E-state index contributed by atoms with van der Waals surface area (Å²) in [6.45, 7) is 17.4. The van der Waals surface area contributed by atoms with Crippen LogP contribution in [0.3, 0.4) is 0 Å². The van der Waals surface area contributed by atoms with Crippen molar-refractivity contribution < 1.29 is 70.9 Å². The monoisotopic (exact) mass is 1540 g/mol. The van der Waals surface area contributed by atoms with Crippen molar-refractivity contribution in [2.24, 2.45) is 0 Å². The van der Waals surface area contributed by atoms with Gasteiger partial charge in [-0.05, 0) is 242 Å². The molecule has 0 amide bonds. The number of rotatable bonds is 35. The van der Waals surface area contributed by atoms with Crippen LogP contribution >= 0.6 is 63.1 Å². The molecule has 10 nitrogen and oxygen atoms in total. The van der Waals surface area contributed by atoms with E-state index in [2.05, 4.69) is 34.6 Å². The van der Waals surface area contributed by atoms with Gasteiger partial charge in [-0.15, -0.1) is 0 Å². The zero-order valence-electron chi connectivity index (χ0n) is 60.4. The molecule has 0 saturated heterocycles. The number of unbranched alkanes of at least 4 members (excludes halogenated alkanes) is 5. The van der Waals surface area contributed by atoms with Crippen LogP contribution in [0.5, 0.6) is 57.5 Å². The molecule has 0 heterocycles. The summed E-state index contributed by atoms with van der Waals surface area (Å²) in [5.74, 6) is 8.75. The lowest BCUT2D eigenvalue weighted by Crippen LogP contribution is -1.98. The molecule has 0 saturated carbocycles. The van der Waals surface area contributed by atoms with Gasteiger partial charge in [-0.2, -0.15) is 0 Å². The summed E-state index contributed by atoms with van der Waals surface area (Å²) in [6.07, 6.45) is 11.2. The fourth-order valence-corrected chi connectivity index (χ4v) is 9.27. The Labute approximate surface area is 647 Å². The normalized spacial score (nSPS) is 9.76. The molecule has 10 aromatic carbocycles. The average molecular weight is 1540 g/mol. The highest BCUT2D eigenvalue weighted by Gasteiger charge is 2.05. The van der Waals surface area contributed by atoms with E-state index in [9.17, 15) is 0 Å². The summed E-state index contributed by atoms with van der Waals surface area (Å²) < 4.78 is 56.6. The van der Waals surface area contributed by atoms with E-state index in [0.717, 1.165) is 207 Å². The third-order valence-corrected chi connectivity index (χ3v) is 16.0. The van der Waals surface area contributed by atoms with Gasteiger partial charge in [0.05, 0.1) is 33.0 Å². The maximum absolute atomic E-state index is 5.70. The van der Waals surface area contributed by atoms with Gasteiger partial charge in [-0.3, -0.25) is 23.5 Å². The lowest BCUT2D eigenvalue weighted by atomic mass is 10.2. The first-order valence-electron chi connectivity index (χ1n) is 34.5. The Kier molecular flexibility index (Phi) is 51.3. The maximum atomic E-state index is 5.70. The predicted molar refractivity (Wildman–Crippen MR) is 430 cm³/mol. The number of ether oxygens (including phenoxy) is 10. The van der Waals surface area contributed by atoms with Crippen LogP contribution in [0.1, 0.15) is 127 Å². The summed E-state index contributed by atoms with van der Waals surface area (Å²) in [5, 5.41) is 0. The highest BCUT2D eigenvalue weighted by molar-refractivity contribution is 7.81. The molecule has 105 heavy (non-hydrogen) atoms. The molecule has 565 valence electrons. The number of hydrogen-bond acceptors (Lipinski definition) is 10. The van der Waals surface area contributed by atoms with Crippen molar-refractivity contribution in [2.75, 3.05) is 33.0 Å². The van der Waals surface area contributed by atoms with E-state index in [4.69, 9.17) is 111 Å². The van der Waals surface area contributed by atoms with Gasteiger partial charge in [0.25, 0.3) is 0 Å². The van der Waals surface area contributed by atoms with Gasteiger partial charge in [-0.25, -0.2) is 0 Å². The Morgan fingerprint density at radius 1 is 0.171 bits per heavy atom. The SMILES string of the molecule is CCCCOc1ccc(COc2ccc([S])cc2)cc1.CCCCOc1ccc(COc2ccc([S])cc2)cc1.CCCCOc1ccc(COc2ccc([S])cc2)cc1.CCCCOc1ccc(COc2ccc([S])cc2)cc1.CCCCOc1ccc(COc2ccc([S])cc2)cc1.F.F.F.F.F. The van der Waals surface area contributed by atoms with Crippen LogP contribution in [0.2, 0.25) is 0 Å². The molecule has 0 fully saturated rings. The van der Waals surface area contributed by atoms with Crippen molar-refractivity contribution in [2.45, 2.75) is 156 Å². The zero-order chi connectivity index (χ0) is 71.0. The van der Waals surface area contributed by atoms with Gasteiger partial charge >= 0.3 is 0 Å². The summed E-state index contributed by atoms with van der Waals surface area (Å²) in [6, 6.07) is 77.8. The third kappa shape index (κ3) is 41.3. The van der Waals surface area contributed by atoms with Crippen molar-refractivity contribution >= 4 is 63.1 Å². The van der Waals surface area contributed by atoms with Crippen molar-refractivity contribution in [1.82, 2.24) is 0 Å². The molecule has 5 radical (unpaired) electrons. The number of hydrogen-bond donors (Lipinski definition) is 0. The Morgan fingerprint density at radius 3 is 0.410 bits per heavy atom. The fourth-order valence-electron chi connectivity index (χ4n) is 8.59. The molecule has 10 aromatic rings. The Balaban J connectivity index is 0.000000649. The first kappa shape index (κ1) is 94.0. The minimum atomic E-state index is 0. The van der Waals surface area contributed by atoms with Crippen molar-refractivity contribution in [3.63, 3.8) is 0 Å². The lowest BCUT2D eigenvalue weighted by molar-refractivity contribution is 0.302. The van der Waals surface area contributed by atoms with Gasteiger partial charge in [0.1, 0.15) is 90.5 Å². The molecule has 0 spiro atoms. The topological polar surface area (TPSA) is 92.3 Å². The van der Waals surface area contributed by atoms with E-state index >= 15 is 0 Å². The molecule has 0 aliphatic heterocycles. The first-order chi connectivity index (χ1) is 48.9. The summed E-state index contributed by atoms with van der Waals surface area (Å²) in [5.41, 5.74) is 5.60.